The number of carboxylic acid groups (broad SMARTS) is 1. The Bertz CT molecular complexity index is 505. The third-order valence-electron chi connectivity index (χ3n) is 1.93. The van der Waals surface area contributed by atoms with Crippen LogP contribution >= 0.6 is 15.9 Å². The highest BCUT2D eigenvalue weighted by Gasteiger charge is 2.37. The second-order valence-corrected chi connectivity index (χ2v) is 4.08. The van der Waals surface area contributed by atoms with Crippen molar-refractivity contribution >= 4 is 21.9 Å². The molecule has 90 valence electrons. The van der Waals surface area contributed by atoms with E-state index in [1.165, 1.54) is 6.07 Å². The van der Waals surface area contributed by atoms with Crippen LogP contribution in [0.1, 0.15) is 16.7 Å². The first kappa shape index (κ1) is 13.5. The van der Waals surface area contributed by atoms with E-state index in [1.807, 2.05) is 0 Å². The number of nitrogens with zero attached hydrogens (tertiary/aromatic N) is 1. The van der Waals surface area contributed by atoms with E-state index in [2.05, 4.69) is 15.9 Å². The molecule has 0 bridgehead atoms. The average Bonchev–Trinajstić information content (AvgIpc) is 2.13. The molecule has 0 aliphatic carbocycles. The standard InChI is InChI=1S/C10H5BrF3NO2/c11-7-1-5(3-8(16)17)9(10(12,13)14)6(2-7)4-15/h1-2H,3H2,(H,16,17). The summed E-state index contributed by atoms with van der Waals surface area (Å²) < 4.78 is 38.4. The van der Waals surface area contributed by atoms with Gasteiger partial charge in [0.05, 0.1) is 23.6 Å². The fourth-order valence-corrected chi connectivity index (χ4v) is 1.89. The lowest BCUT2D eigenvalue weighted by Crippen LogP contribution is -2.14. The Hall–Kier alpha value is -1.55. The Morgan fingerprint density at radius 1 is 1.47 bits per heavy atom. The van der Waals surface area contributed by atoms with Crippen LogP contribution in [0.15, 0.2) is 16.6 Å². The number of carboxylic acids is 1. The van der Waals surface area contributed by atoms with Gasteiger partial charge in [0, 0.05) is 4.47 Å². The molecule has 0 fully saturated rings. The zero-order valence-electron chi connectivity index (χ0n) is 8.18. The minimum atomic E-state index is -4.75. The Kier molecular flexibility index (Phi) is 3.78. The predicted octanol–water partition coefficient (Wildman–Crippen LogP) is 2.97. The lowest BCUT2D eigenvalue weighted by molar-refractivity contribution is -0.139. The van der Waals surface area contributed by atoms with E-state index >= 15 is 0 Å². The lowest BCUT2D eigenvalue weighted by atomic mass is 9.99. The number of halogens is 4. The topological polar surface area (TPSA) is 61.1 Å². The molecule has 0 aromatic heterocycles. The molecule has 1 N–H and O–H groups in total. The number of carbonyl (C=O) groups is 1. The summed E-state index contributed by atoms with van der Waals surface area (Å²) in [5, 5.41) is 17.2. The van der Waals surface area contributed by atoms with Gasteiger partial charge < -0.3 is 5.11 Å². The molecule has 0 atom stereocenters. The van der Waals surface area contributed by atoms with Crippen LogP contribution in [0, 0.1) is 11.3 Å². The van der Waals surface area contributed by atoms with Gasteiger partial charge in [0.2, 0.25) is 0 Å². The highest BCUT2D eigenvalue weighted by molar-refractivity contribution is 9.10. The van der Waals surface area contributed by atoms with Crippen molar-refractivity contribution in [2.24, 2.45) is 0 Å². The van der Waals surface area contributed by atoms with Crippen molar-refractivity contribution in [1.29, 1.82) is 5.26 Å². The third-order valence-corrected chi connectivity index (χ3v) is 2.39. The molecule has 0 amide bonds. The molecule has 3 nitrogen and oxygen atoms in total. The molecule has 0 saturated carbocycles. The molecular formula is C10H5BrF3NO2. The zero-order valence-corrected chi connectivity index (χ0v) is 9.76. The maximum absolute atomic E-state index is 12.7. The van der Waals surface area contributed by atoms with E-state index in [0.29, 0.717) is 0 Å². The number of aliphatic carboxylic acids is 1. The van der Waals surface area contributed by atoms with Gasteiger partial charge in [0.15, 0.2) is 0 Å². The van der Waals surface area contributed by atoms with Crippen LogP contribution in [-0.4, -0.2) is 11.1 Å². The minimum absolute atomic E-state index is 0.235. The van der Waals surface area contributed by atoms with E-state index < -0.39 is 35.3 Å². The van der Waals surface area contributed by atoms with Crippen molar-refractivity contribution in [3.63, 3.8) is 0 Å². The lowest BCUT2D eigenvalue weighted by Gasteiger charge is -2.13. The Morgan fingerprint density at radius 2 is 2.06 bits per heavy atom. The van der Waals surface area contributed by atoms with Gasteiger partial charge in [-0.1, -0.05) is 15.9 Å². The summed E-state index contributed by atoms with van der Waals surface area (Å²) in [5.41, 5.74) is -2.22. The first-order valence-corrected chi connectivity index (χ1v) is 5.06. The summed E-state index contributed by atoms with van der Waals surface area (Å²) in [6, 6.07) is 3.48. The molecule has 0 aliphatic rings. The number of rotatable bonds is 2. The Labute approximate surface area is 103 Å². The second-order valence-electron chi connectivity index (χ2n) is 3.17. The molecule has 0 spiro atoms. The second kappa shape index (κ2) is 4.75. The fourth-order valence-electron chi connectivity index (χ4n) is 1.39. The van der Waals surface area contributed by atoms with Gasteiger partial charge in [0.25, 0.3) is 0 Å². The van der Waals surface area contributed by atoms with Gasteiger partial charge >= 0.3 is 12.1 Å². The van der Waals surface area contributed by atoms with E-state index in [-0.39, 0.29) is 4.47 Å². The molecule has 7 heteroatoms. The molecule has 1 aromatic rings. The quantitative estimate of drug-likeness (QED) is 0.913. The van der Waals surface area contributed by atoms with Gasteiger partial charge in [-0.3, -0.25) is 4.79 Å². The number of hydrogen-bond donors (Lipinski definition) is 1. The van der Waals surface area contributed by atoms with Crippen LogP contribution in [-0.2, 0) is 17.4 Å². The monoisotopic (exact) mass is 307 g/mol. The smallest absolute Gasteiger partial charge is 0.417 e. The normalized spacial score (nSPS) is 11.0. The van der Waals surface area contributed by atoms with Crippen LogP contribution in [0.5, 0.6) is 0 Å². The van der Waals surface area contributed by atoms with Gasteiger partial charge in [-0.25, -0.2) is 0 Å². The number of alkyl halides is 3. The van der Waals surface area contributed by atoms with Gasteiger partial charge in [-0.05, 0) is 17.7 Å². The summed E-state index contributed by atoms with van der Waals surface area (Å²) in [6.45, 7) is 0. The van der Waals surface area contributed by atoms with Gasteiger partial charge in [0.1, 0.15) is 0 Å². The highest BCUT2D eigenvalue weighted by atomic mass is 79.9. The molecular weight excluding hydrogens is 303 g/mol. The van der Waals surface area contributed by atoms with Crippen LogP contribution in [0.3, 0.4) is 0 Å². The van der Waals surface area contributed by atoms with Crippen molar-refractivity contribution < 1.29 is 23.1 Å². The third kappa shape index (κ3) is 3.20. The Balaban J connectivity index is 3.51. The maximum atomic E-state index is 12.7. The predicted molar refractivity (Wildman–Crippen MR) is 55.2 cm³/mol. The maximum Gasteiger partial charge on any atom is 0.417 e. The molecule has 0 radical (unpaired) electrons. The molecule has 0 unspecified atom stereocenters. The SMILES string of the molecule is N#Cc1cc(Br)cc(CC(=O)O)c1C(F)(F)F. The molecule has 0 heterocycles. The van der Waals surface area contributed by atoms with Crippen LogP contribution < -0.4 is 0 Å². The van der Waals surface area contributed by atoms with Gasteiger partial charge in [-0.2, -0.15) is 18.4 Å². The van der Waals surface area contributed by atoms with Crippen molar-refractivity contribution in [2.45, 2.75) is 12.6 Å². The molecule has 1 aromatic carbocycles. The van der Waals surface area contributed by atoms with E-state index in [9.17, 15) is 18.0 Å². The van der Waals surface area contributed by atoms with E-state index in [4.69, 9.17) is 10.4 Å². The van der Waals surface area contributed by atoms with Gasteiger partial charge in [-0.15, -0.1) is 0 Å². The van der Waals surface area contributed by atoms with E-state index in [0.717, 1.165) is 12.1 Å². The minimum Gasteiger partial charge on any atom is -0.481 e. The number of benzene rings is 1. The Morgan fingerprint density at radius 3 is 2.47 bits per heavy atom. The van der Waals surface area contributed by atoms with Crippen LogP contribution in [0.25, 0.3) is 0 Å². The van der Waals surface area contributed by atoms with E-state index in [1.54, 1.807) is 0 Å². The van der Waals surface area contributed by atoms with Crippen molar-refractivity contribution in [1.82, 2.24) is 0 Å². The van der Waals surface area contributed by atoms with Crippen LogP contribution in [0.2, 0.25) is 0 Å². The fraction of sp³-hybridized carbons (Fsp3) is 0.200. The summed E-state index contributed by atoms with van der Waals surface area (Å²) in [4.78, 5) is 10.5. The summed E-state index contributed by atoms with van der Waals surface area (Å²) in [5.74, 6) is -1.39. The first-order valence-electron chi connectivity index (χ1n) is 4.27. The summed E-state index contributed by atoms with van der Waals surface area (Å²) in [7, 11) is 0. The average molecular weight is 308 g/mol. The summed E-state index contributed by atoms with van der Waals surface area (Å²) >= 11 is 2.93. The molecule has 1 rings (SSSR count). The van der Waals surface area contributed by atoms with Crippen LogP contribution in [0.4, 0.5) is 13.2 Å². The number of hydrogen-bond acceptors (Lipinski definition) is 2. The largest absolute Gasteiger partial charge is 0.481 e. The molecule has 17 heavy (non-hydrogen) atoms. The summed E-state index contributed by atoms with van der Waals surface area (Å²) in [6.07, 6.45) is -5.54. The number of nitriles is 1. The highest BCUT2D eigenvalue weighted by Crippen LogP contribution is 2.36. The van der Waals surface area contributed by atoms with Crippen molar-refractivity contribution in [3.05, 3.63) is 33.3 Å². The first-order chi connectivity index (χ1) is 7.75. The molecule has 0 saturated heterocycles. The zero-order chi connectivity index (χ0) is 13.2. The van der Waals surface area contributed by atoms with Crippen molar-refractivity contribution in [2.75, 3.05) is 0 Å². The van der Waals surface area contributed by atoms with Crippen molar-refractivity contribution in [3.8, 4) is 6.07 Å². The molecule has 0 aliphatic heterocycles.